The number of rotatable bonds is 1. The van der Waals surface area contributed by atoms with Gasteiger partial charge in [0.15, 0.2) is 12.2 Å². The molecule has 2 rings (SSSR count). The summed E-state index contributed by atoms with van der Waals surface area (Å²) in [4.78, 5) is 43.4. The molecule has 0 N–H and O–H groups in total. The third-order valence-corrected chi connectivity index (χ3v) is 1.97. The molecule has 98 valence electrons. The Labute approximate surface area is 98.6 Å². The molecule has 2 aliphatic rings. The molecule has 0 aromatic heterocycles. The zero-order valence-electron chi connectivity index (χ0n) is 8.65. The summed E-state index contributed by atoms with van der Waals surface area (Å²) in [7, 11) is 0. The predicted octanol–water partition coefficient (Wildman–Crippen LogP) is 0.330. The Balaban J connectivity index is 2.05. The molecule has 0 bridgehead atoms. The Morgan fingerprint density at radius 2 is 1.06 bits per heavy atom. The summed E-state index contributed by atoms with van der Waals surface area (Å²) < 4.78 is 26.2. The number of carbonyl (C=O) groups is 4. The van der Waals surface area contributed by atoms with Gasteiger partial charge in [-0.05, 0) is 0 Å². The number of hydrogen-bond donors (Lipinski definition) is 0. The lowest BCUT2D eigenvalue weighted by atomic mass is 10.2. The van der Waals surface area contributed by atoms with Gasteiger partial charge in [-0.1, -0.05) is 0 Å². The van der Waals surface area contributed by atoms with Crippen LogP contribution >= 0.6 is 0 Å². The zero-order chi connectivity index (χ0) is 13.1. The van der Waals surface area contributed by atoms with Crippen molar-refractivity contribution in [3.8, 4) is 0 Å². The molecular formula is C8H6O10. The molecule has 2 atom stereocenters. The summed E-state index contributed by atoms with van der Waals surface area (Å²) in [6.45, 7) is -0.833. The van der Waals surface area contributed by atoms with Crippen molar-refractivity contribution in [2.45, 2.75) is 12.2 Å². The van der Waals surface area contributed by atoms with Crippen LogP contribution in [0.15, 0.2) is 0 Å². The van der Waals surface area contributed by atoms with Gasteiger partial charge < -0.3 is 28.4 Å². The molecule has 18 heavy (non-hydrogen) atoms. The van der Waals surface area contributed by atoms with E-state index in [-0.39, 0.29) is 0 Å². The first kappa shape index (κ1) is 12.0. The van der Waals surface area contributed by atoms with E-state index in [2.05, 4.69) is 28.4 Å². The molecule has 0 aliphatic carbocycles. The summed E-state index contributed by atoms with van der Waals surface area (Å²) in [5.74, 6) is 0. The van der Waals surface area contributed by atoms with Crippen molar-refractivity contribution in [2.75, 3.05) is 13.2 Å². The highest BCUT2D eigenvalue weighted by Gasteiger charge is 2.38. The molecule has 0 radical (unpaired) electrons. The van der Waals surface area contributed by atoms with Crippen molar-refractivity contribution >= 4 is 24.6 Å². The third-order valence-electron chi connectivity index (χ3n) is 1.97. The lowest BCUT2D eigenvalue weighted by Gasteiger charge is -2.19. The van der Waals surface area contributed by atoms with E-state index in [9.17, 15) is 19.2 Å². The second kappa shape index (κ2) is 4.77. The van der Waals surface area contributed by atoms with E-state index in [4.69, 9.17) is 0 Å². The molecule has 2 heterocycles. The van der Waals surface area contributed by atoms with E-state index in [0.29, 0.717) is 0 Å². The maximum absolute atomic E-state index is 11.0. The first-order valence-corrected chi connectivity index (χ1v) is 4.65. The lowest BCUT2D eigenvalue weighted by molar-refractivity contribution is -0.0458. The van der Waals surface area contributed by atoms with Crippen LogP contribution in [0.2, 0.25) is 0 Å². The largest absolute Gasteiger partial charge is 0.519 e. The van der Waals surface area contributed by atoms with Crippen LogP contribution in [0.4, 0.5) is 19.2 Å². The maximum Gasteiger partial charge on any atom is 0.519 e. The van der Waals surface area contributed by atoms with Crippen molar-refractivity contribution in [3.05, 3.63) is 0 Å². The van der Waals surface area contributed by atoms with Crippen LogP contribution in [0.1, 0.15) is 0 Å². The van der Waals surface area contributed by atoms with Crippen LogP contribution in [0, 0.1) is 0 Å². The Morgan fingerprint density at radius 1 is 0.667 bits per heavy atom. The lowest BCUT2D eigenvalue weighted by Crippen LogP contribution is -2.39. The van der Waals surface area contributed by atoms with Gasteiger partial charge in [-0.25, -0.2) is 19.2 Å². The molecule has 0 aromatic carbocycles. The average molecular weight is 262 g/mol. The van der Waals surface area contributed by atoms with Gasteiger partial charge >= 0.3 is 24.6 Å². The number of hydrogen-bond acceptors (Lipinski definition) is 10. The Kier molecular flexibility index (Phi) is 3.17. The summed E-state index contributed by atoms with van der Waals surface area (Å²) >= 11 is 0. The molecule has 0 aromatic rings. The molecule has 0 spiro atoms. The molecule has 0 unspecified atom stereocenters. The summed E-state index contributed by atoms with van der Waals surface area (Å²) in [6.07, 6.45) is -7.43. The molecule has 2 fully saturated rings. The monoisotopic (exact) mass is 262 g/mol. The van der Waals surface area contributed by atoms with Gasteiger partial charge in [-0.3, -0.25) is 0 Å². The van der Waals surface area contributed by atoms with Gasteiger partial charge in [-0.15, -0.1) is 0 Å². The second-order valence-corrected chi connectivity index (χ2v) is 3.14. The van der Waals surface area contributed by atoms with E-state index in [1.807, 2.05) is 0 Å². The molecule has 0 amide bonds. The van der Waals surface area contributed by atoms with Crippen molar-refractivity contribution in [3.63, 3.8) is 0 Å². The minimum atomic E-state index is -1.31. The first-order valence-electron chi connectivity index (χ1n) is 4.65. The molecule has 10 nitrogen and oxygen atoms in total. The minimum absolute atomic E-state index is 0.417. The molecule has 2 aliphatic heterocycles. The Morgan fingerprint density at radius 3 is 1.44 bits per heavy atom. The minimum Gasteiger partial charge on any atom is -0.430 e. The van der Waals surface area contributed by atoms with E-state index < -0.39 is 50.0 Å². The Bertz CT molecular complexity index is 363. The SMILES string of the molecule is O=C1OC[C@@H]([C@H]2COC(=O)OC(=O)O2)OC(=O)O1. The summed E-state index contributed by atoms with van der Waals surface area (Å²) in [6, 6.07) is 0. The highest BCUT2D eigenvalue weighted by Crippen LogP contribution is 2.15. The summed E-state index contributed by atoms with van der Waals surface area (Å²) in [5, 5.41) is 0. The molecular weight excluding hydrogens is 256 g/mol. The van der Waals surface area contributed by atoms with Gasteiger partial charge in [0, 0.05) is 0 Å². The normalized spacial score (nSPS) is 28.4. The van der Waals surface area contributed by atoms with Gasteiger partial charge in [0.25, 0.3) is 0 Å². The van der Waals surface area contributed by atoms with E-state index in [0.717, 1.165) is 0 Å². The van der Waals surface area contributed by atoms with Gasteiger partial charge in [0.2, 0.25) is 0 Å². The molecule has 0 saturated carbocycles. The third kappa shape index (κ3) is 2.78. The smallest absolute Gasteiger partial charge is 0.430 e. The quantitative estimate of drug-likeness (QED) is 0.370. The van der Waals surface area contributed by atoms with Crippen molar-refractivity contribution in [2.24, 2.45) is 0 Å². The summed E-state index contributed by atoms with van der Waals surface area (Å²) in [5.41, 5.74) is 0. The van der Waals surface area contributed by atoms with Crippen LogP contribution < -0.4 is 0 Å². The molecule has 10 heteroatoms. The van der Waals surface area contributed by atoms with Crippen LogP contribution in [0.25, 0.3) is 0 Å². The second-order valence-electron chi connectivity index (χ2n) is 3.14. The standard InChI is InChI=1S/C8H6O10/c9-5-13-1-3(15-7(11)17-5)4-2-14-6(10)18-8(12)16-4/h3-4H,1-2H2/t3-,4+. The van der Waals surface area contributed by atoms with Crippen molar-refractivity contribution in [1.29, 1.82) is 0 Å². The van der Waals surface area contributed by atoms with Crippen LogP contribution in [-0.4, -0.2) is 50.0 Å². The maximum atomic E-state index is 11.0. The van der Waals surface area contributed by atoms with Crippen LogP contribution in [0.5, 0.6) is 0 Å². The van der Waals surface area contributed by atoms with Crippen molar-refractivity contribution in [1.82, 2.24) is 0 Å². The topological polar surface area (TPSA) is 124 Å². The van der Waals surface area contributed by atoms with Crippen LogP contribution in [-0.2, 0) is 28.4 Å². The average Bonchev–Trinajstić information content (AvgIpc) is 2.54. The van der Waals surface area contributed by atoms with Gasteiger partial charge in [-0.2, -0.15) is 0 Å². The zero-order valence-corrected chi connectivity index (χ0v) is 8.65. The fraction of sp³-hybridized carbons (Fsp3) is 0.500. The van der Waals surface area contributed by atoms with Gasteiger partial charge in [0.1, 0.15) is 13.2 Å². The predicted molar refractivity (Wildman–Crippen MR) is 45.4 cm³/mol. The number of ether oxygens (including phenoxy) is 6. The highest BCUT2D eigenvalue weighted by molar-refractivity contribution is 5.78. The van der Waals surface area contributed by atoms with Crippen LogP contribution in [0.3, 0.4) is 0 Å². The number of cyclic esters (lactones) is 8. The van der Waals surface area contributed by atoms with Crippen molar-refractivity contribution < 1.29 is 47.6 Å². The van der Waals surface area contributed by atoms with E-state index in [1.165, 1.54) is 0 Å². The van der Waals surface area contributed by atoms with E-state index >= 15 is 0 Å². The molecule has 2 saturated heterocycles. The highest BCUT2D eigenvalue weighted by atomic mass is 16.9. The van der Waals surface area contributed by atoms with E-state index in [1.54, 1.807) is 0 Å². The Hall–Kier alpha value is -2.52. The fourth-order valence-corrected chi connectivity index (χ4v) is 1.23. The number of carbonyl (C=O) groups excluding carboxylic acids is 4. The first-order chi connectivity index (χ1) is 8.54. The van der Waals surface area contributed by atoms with Gasteiger partial charge in [0.05, 0.1) is 0 Å². The fourth-order valence-electron chi connectivity index (χ4n) is 1.23.